The summed E-state index contributed by atoms with van der Waals surface area (Å²) in [4.78, 5) is 20.6. The molecule has 0 atom stereocenters. The first kappa shape index (κ1) is 22.5. The number of amides is 1. The molecule has 0 saturated heterocycles. The van der Waals surface area contributed by atoms with Crippen molar-refractivity contribution in [3.63, 3.8) is 0 Å². The highest BCUT2D eigenvalue weighted by Gasteiger charge is 2.21. The quantitative estimate of drug-likeness (QED) is 0.348. The van der Waals surface area contributed by atoms with Crippen molar-refractivity contribution in [3.8, 4) is 11.3 Å². The van der Waals surface area contributed by atoms with E-state index in [4.69, 9.17) is 9.72 Å². The van der Waals surface area contributed by atoms with Crippen LogP contribution >= 0.6 is 11.3 Å². The van der Waals surface area contributed by atoms with Crippen molar-refractivity contribution in [2.45, 2.75) is 33.6 Å². The van der Waals surface area contributed by atoms with Crippen LogP contribution in [-0.2, 0) is 16.0 Å². The third-order valence-electron chi connectivity index (χ3n) is 5.57. The van der Waals surface area contributed by atoms with Gasteiger partial charge in [0.15, 0.2) is 4.96 Å². The second-order valence-electron chi connectivity index (χ2n) is 9.43. The van der Waals surface area contributed by atoms with Crippen LogP contribution in [0.1, 0.15) is 32.9 Å². The molecular weight excluding hydrogens is 418 g/mol. The van der Waals surface area contributed by atoms with E-state index in [0.29, 0.717) is 26.1 Å². The smallest absolute Gasteiger partial charge is 0.223 e. The van der Waals surface area contributed by atoms with Gasteiger partial charge < -0.3 is 9.64 Å². The van der Waals surface area contributed by atoms with Gasteiger partial charge in [0.1, 0.15) is 0 Å². The number of carbonyl (C=O) groups is 1. The fraction of sp³-hybridized carbons (Fsp3) is 0.385. The van der Waals surface area contributed by atoms with Crippen LogP contribution in [0.5, 0.6) is 0 Å². The van der Waals surface area contributed by atoms with Gasteiger partial charge in [0.2, 0.25) is 5.91 Å². The number of aromatic nitrogens is 2. The van der Waals surface area contributed by atoms with Gasteiger partial charge >= 0.3 is 0 Å². The summed E-state index contributed by atoms with van der Waals surface area (Å²) >= 11 is 1.64. The van der Waals surface area contributed by atoms with Gasteiger partial charge in [0.05, 0.1) is 12.3 Å². The molecule has 0 bridgehead atoms. The third-order valence-corrected chi connectivity index (χ3v) is 6.45. The second-order valence-corrected chi connectivity index (χ2v) is 10.3. The molecule has 4 aromatic rings. The number of rotatable bonds is 8. The van der Waals surface area contributed by atoms with Crippen molar-refractivity contribution >= 4 is 33.0 Å². The maximum atomic E-state index is 12.8. The van der Waals surface area contributed by atoms with Gasteiger partial charge in [-0.05, 0) is 22.3 Å². The van der Waals surface area contributed by atoms with Crippen LogP contribution in [0, 0.1) is 5.41 Å². The lowest BCUT2D eigenvalue weighted by Crippen LogP contribution is -2.37. The number of imidazole rings is 1. The lowest BCUT2D eigenvalue weighted by Gasteiger charge is -2.26. The second kappa shape index (κ2) is 9.43. The minimum absolute atomic E-state index is 0.0306. The summed E-state index contributed by atoms with van der Waals surface area (Å²) in [6, 6.07) is 14.8. The minimum Gasteiger partial charge on any atom is -0.383 e. The van der Waals surface area contributed by atoms with E-state index in [1.807, 2.05) is 4.90 Å². The van der Waals surface area contributed by atoms with Crippen LogP contribution < -0.4 is 0 Å². The number of fused-ring (bicyclic) bond motifs is 2. The Morgan fingerprint density at radius 3 is 2.66 bits per heavy atom. The summed E-state index contributed by atoms with van der Waals surface area (Å²) in [5, 5.41) is 4.59. The molecule has 0 saturated carbocycles. The van der Waals surface area contributed by atoms with E-state index < -0.39 is 0 Å². The highest BCUT2D eigenvalue weighted by molar-refractivity contribution is 7.15. The van der Waals surface area contributed by atoms with Crippen molar-refractivity contribution in [2.24, 2.45) is 5.41 Å². The SMILES string of the molecule is COCCN(CCc1csc2nc(-c3ccc4ccccc4c3)cn12)C(=O)CC(C)(C)C. The molecule has 5 nitrogen and oxygen atoms in total. The Morgan fingerprint density at radius 1 is 1.12 bits per heavy atom. The van der Waals surface area contributed by atoms with Crippen molar-refractivity contribution in [1.82, 2.24) is 14.3 Å². The molecule has 0 unspecified atom stereocenters. The van der Waals surface area contributed by atoms with Gasteiger partial charge in [-0.2, -0.15) is 0 Å². The van der Waals surface area contributed by atoms with Crippen LogP contribution in [0.15, 0.2) is 54.0 Å². The summed E-state index contributed by atoms with van der Waals surface area (Å²) in [5.74, 6) is 0.184. The Morgan fingerprint density at radius 2 is 1.91 bits per heavy atom. The molecule has 1 amide bonds. The van der Waals surface area contributed by atoms with E-state index in [1.54, 1.807) is 18.4 Å². The standard InChI is InChI=1S/C26H31N3O2S/c1-26(2,3)16-24(30)28(13-14-31-4)12-11-22-18-32-25-27-23(17-29(22)25)21-10-9-19-7-5-6-8-20(19)15-21/h5-10,15,17-18H,11-14,16H2,1-4H3. The number of methoxy groups -OCH3 is 1. The summed E-state index contributed by atoms with van der Waals surface area (Å²) in [5.41, 5.74) is 3.24. The molecule has 0 radical (unpaired) electrons. The van der Waals surface area contributed by atoms with Gasteiger partial charge in [-0.15, -0.1) is 11.3 Å². The number of nitrogens with zero attached hydrogens (tertiary/aromatic N) is 3. The molecule has 0 N–H and O–H groups in total. The fourth-order valence-electron chi connectivity index (χ4n) is 3.87. The largest absolute Gasteiger partial charge is 0.383 e. The van der Waals surface area contributed by atoms with Gasteiger partial charge in [-0.1, -0.05) is 57.2 Å². The first-order chi connectivity index (χ1) is 15.3. The summed E-state index contributed by atoms with van der Waals surface area (Å²) in [6.07, 6.45) is 3.43. The molecule has 32 heavy (non-hydrogen) atoms. The first-order valence-corrected chi connectivity index (χ1v) is 11.9. The summed E-state index contributed by atoms with van der Waals surface area (Å²) < 4.78 is 7.40. The summed E-state index contributed by atoms with van der Waals surface area (Å²) in [7, 11) is 1.68. The average molecular weight is 450 g/mol. The summed E-state index contributed by atoms with van der Waals surface area (Å²) in [6.45, 7) is 8.13. The van der Waals surface area contributed by atoms with Crippen molar-refractivity contribution in [3.05, 3.63) is 59.7 Å². The van der Waals surface area contributed by atoms with Crippen LogP contribution in [0.3, 0.4) is 0 Å². The third kappa shape index (κ3) is 5.19. The topological polar surface area (TPSA) is 46.8 Å². The van der Waals surface area contributed by atoms with Gasteiger partial charge in [0.25, 0.3) is 0 Å². The van der Waals surface area contributed by atoms with Gasteiger partial charge in [-0.25, -0.2) is 4.98 Å². The molecule has 2 heterocycles. The van der Waals surface area contributed by atoms with Gasteiger partial charge in [0, 0.05) is 55.9 Å². The molecule has 6 heteroatoms. The highest BCUT2D eigenvalue weighted by atomic mass is 32.1. The molecule has 0 spiro atoms. The molecule has 0 aliphatic rings. The van der Waals surface area contributed by atoms with E-state index >= 15 is 0 Å². The Bertz CT molecular complexity index is 1220. The first-order valence-electron chi connectivity index (χ1n) is 11.1. The zero-order valence-corrected chi connectivity index (χ0v) is 20.1. The number of thiazole rings is 1. The molecule has 4 rings (SSSR count). The Hall–Kier alpha value is -2.70. The molecule has 0 aliphatic carbocycles. The zero-order valence-electron chi connectivity index (χ0n) is 19.3. The molecular formula is C26H31N3O2S. The Labute approximate surface area is 193 Å². The minimum atomic E-state index is -0.0306. The normalized spacial score (nSPS) is 12.0. The molecule has 0 fully saturated rings. The van der Waals surface area contributed by atoms with Crippen molar-refractivity contribution in [1.29, 1.82) is 0 Å². The Balaban J connectivity index is 1.52. The number of ether oxygens (including phenoxy) is 1. The maximum absolute atomic E-state index is 12.8. The van der Waals surface area contributed by atoms with Crippen molar-refractivity contribution < 1.29 is 9.53 Å². The molecule has 168 valence electrons. The lowest BCUT2D eigenvalue weighted by molar-refractivity contribution is -0.133. The fourth-order valence-corrected chi connectivity index (χ4v) is 4.78. The predicted molar refractivity (Wildman–Crippen MR) is 132 cm³/mol. The Kier molecular flexibility index (Phi) is 6.63. The van der Waals surface area contributed by atoms with Crippen molar-refractivity contribution in [2.75, 3.05) is 26.8 Å². The van der Waals surface area contributed by atoms with Crippen LogP contribution in [0.4, 0.5) is 0 Å². The highest BCUT2D eigenvalue weighted by Crippen LogP contribution is 2.27. The molecule has 2 aromatic heterocycles. The van der Waals surface area contributed by atoms with E-state index in [2.05, 4.69) is 79.2 Å². The van der Waals surface area contributed by atoms with Crippen LogP contribution in [0.2, 0.25) is 0 Å². The number of carbonyl (C=O) groups excluding carboxylic acids is 1. The molecule has 0 aliphatic heterocycles. The van der Waals surface area contributed by atoms with Crippen LogP contribution in [-0.4, -0.2) is 47.0 Å². The molecule has 2 aromatic carbocycles. The number of hydrogen-bond acceptors (Lipinski definition) is 4. The zero-order chi connectivity index (χ0) is 22.7. The van der Waals surface area contributed by atoms with E-state index in [0.717, 1.165) is 22.6 Å². The van der Waals surface area contributed by atoms with E-state index in [9.17, 15) is 4.79 Å². The predicted octanol–water partition coefficient (Wildman–Crippen LogP) is 5.67. The monoisotopic (exact) mass is 449 g/mol. The van der Waals surface area contributed by atoms with Crippen LogP contribution in [0.25, 0.3) is 27.0 Å². The van der Waals surface area contributed by atoms with E-state index in [1.165, 1.54) is 16.5 Å². The maximum Gasteiger partial charge on any atom is 0.223 e. The number of hydrogen-bond donors (Lipinski definition) is 0. The van der Waals surface area contributed by atoms with E-state index in [-0.39, 0.29) is 11.3 Å². The number of benzene rings is 2. The average Bonchev–Trinajstić information content (AvgIpc) is 3.33. The van der Waals surface area contributed by atoms with Gasteiger partial charge in [-0.3, -0.25) is 9.20 Å². The lowest BCUT2D eigenvalue weighted by atomic mass is 9.91.